The second kappa shape index (κ2) is 5.79. The molecule has 3 heteroatoms. The fourth-order valence-electron chi connectivity index (χ4n) is 1.40. The summed E-state index contributed by atoms with van der Waals surface area (Å²) in [5, 5.41) is 9.35. The van der Waals surface area contributed by atoms with E-state index in [4.69, 9.17) is 5.73 Å². The first-order chi connectivity index (χ1) is 6.50. The Morgan fingerprint density at radius 3 is 2.60 bits per heavy atom. The quantitative estimate of drug-likeness (QED) is 0.780. The molecule has 1 rings (SSSR count). The Morgan fingerprint density at radius 1 is 1.53 bits per heavy atom. The van der Waals surface area contributed by atoms with Crippen molar-refractivity contribution in [2.45, 2.75) is 26.3 Å². The number of benzene rings is 1. The predicted molar refractivity (Wildman–Crippen MR) is 66.5 cm³/mol. The van der Waals surface area contributed by atoms with Gasteiger partial charge in [0.1, 0.15) is 5.75 Å². The predicted octanol–water partition coefficient (Wildman–Crippen LogP) is 3.09. The summed E-state index contributed by atoms with van der Waals surface area (Å²) in [6.45, 7) is 7.66. The molecule has 1 atom stereocenters. The number of aryl methyl sites for hydroxylation is 1. The minimum Gasteiger partial charge on any atom is -0.508 e. The third-order valence-electron chi connectivity index (χ3n) is 2.22. The Kier molecular flexibility index (Phi) is 5.40. The summed E-state index contributed by atoms with van der Waals surface area (Å²) in [7, 11) is 0. The Hall–Kier alpha value is -0.990. The van der Waals surface area contributed by atoms with Crippen molar-refractivity contribution in [2.75, 3.05) is 0 Å². The molecule has 2 nitrogen and oxygen atoms in total. The number of rotatable bonds is 3. The lowest BCUT2D eigenvalue weighted by Crippen LogP contribution is -2.10. The van der Waals surface area contributed by atoms with E-state index in [0.717, 1.165) is 23.1 Å². The maximum atomic E-state index is 9.35. The van der Waals surface area contributed by atoms with E-state index >= 15 is 0 Å². The van der Waals surface area contributed by atoms with Crippen LogP contribution < -0.4 is 5.73 Å². The van der Waals surface area contributed by atoms with Gasteiger partial charge >= 0.3 is 0 Å². The molecule has 0 bridgehead atoms. The zero-order valence-electron chi connectivity index (χ0n) is 9.16. The molecule has 0 amide bonds. The molecule has 1 aromatic rings. The summed E-state index contributed by atoms with van der Waals surface area (Å²) in [6, 6.07) is 5.44. The van der Waals surface area contributed by atoms with Crippen LogP contribution in [0.3, 0.4) is 0 Å². The van der Waals surface area contributed by atoms with E-state index in [0.29, 0.717) is 5.75 Å². The molecule has 1 aromatic carbocycles. The van der Waals surface area contributed by atoms with Gasteiger partial charge in [-0.3, -0.25) is 0 Å². The number of aromatic hydroxyl groups is 1. The first kappa shape index (κ1) is 14.0. The number of hydrogen-bond acceptors (Lipinski definition) is 2. The lowest BCUT2D eigenvalue weighted by molar-refractivity contribution is 0.470. The lowest BCUT2D eigenvalue weighted by atomic mass is 9.99. The van der Waals surface area contributed by atoms with Crippen LogP contribution >= 0.6 is 12.4 Å². The molecule has 84 valence electrons. The highest BCUT2D eigenvalue weighted by Crippen LogP contribution is 2.23. The van der Waals surface area contributed by atoms with Crippen LogP contribution in [0.15, 0.2) is 30.4 Å². The molecule has 0 fully saturated rings. The normalized spacial score (nSPS) is 11.7. The van der Waals surface area contributed by atoms with Crippen LogP contribution in [0, 0.1) is 6.92 Å². The molecule has 0 spiro atoms. The van der Waals surface area contributed by atoms with E-state index < -0.39 is 0 Å². The van der Waals surface area contributed by atoms with Crippen LogP contribution in [-0.4, -0.2) is 5.11 Å². The highest BCUT2D eigenvalue weighted by Gasteiger charge is 2.07. The van der Waals surface area contributed by atoms with Crippen molar-refractivity contribution in [3.63, 3.8) is 0 Å². The summed E-state index contributed by atoms with van der Waals surface area (Å²) in [4.78, 5) is 0. The standard InChI is InChI=1S/C12H17NO.ClH/c1-8(2)6-11(13)10-4-5-12(14)9(3)7-10;/h4-5,7,11,14H,1,6,13H2,2-3H3;1H/t11-;/m0./s1. The molecule has 0 aliphatic heterocycles. The second-order valence-electron chi connectivity index (χ2n) is 3.81. The maximum Gasteiger partial charge on any atom is 0.118 e. The SMILES string of the molecule is C=C(C)C[C@H](N)c1ccc(O)c(C)c1.Cl. The van der Waals surface area contributed by atoms with E-state index in [9.17, 15) is 5.11 Å². The van der Waals surface area contributed by atoms with Gasteiger partial charge in [0, 0.05) is 6.04 Å². The fraction of sp³-hybridized carbons (Fsp3) is 0.333. The monoisotopic (exact) mass is 227 g/mol. The largest absolute Gasteiger partial charge is 0.508 e. The van der Waals surface area contributed by atoms with Gasteiger partial charge in [-0.1, -0.05) is 17.7 Å². The summed E-state index contributed by atoms with van der Waals surface area (Å²) in [6.07, 6.45) is 0.782. The number of halogens is 1. The molecule has 0 unspecified atom stereocenters. The van der Waals surface area contributed by atoms with Gasteiger partial charge < -0.3 is 10.8 Å². The molecular weight excluding hydrogens is 210 g/mol. The molecule has 0 aliphatic rings. The third kappa shape index (κ3) is 3.94. The molecule has 0 radical (unpaired) electrons. The van der Waals surface area contributed by atoms with Gasteiger partial charge in [-0.2, -0.15) is 0 Å². The third-order valence-corrected chi connectivity index (χ3v) is 2.22. The van der Waals surface area contributed by atoms with Crippen LogP contribution in [0.1, 0.15) is 30.5 Å². The van der Waals surface area contributed by atoms with E-state index in [2.05, 4.69) is 6.58 Å². The van der Waals surface area contributed by atoms with Crippen LogP contribution in [-0.2, 0) is 0 Å². The molecule has 3 N–H and O–H groups in total. The van der Waals surface area contributed by atoms with Crippen LogP contribution in [0.2, 0.25) is 0 Å². The number of phenols is 1. The molecular formula is C12H18ClNO. The molecule has 0 saturated carbocycles. The van der Waals surface area contributed by atoms with Gasteiger partial charge in [-0.05, 0) is 37.5 Å². The van der Waals surface area contributed by atoms with Crippen molar-refractivity contribution in [1.82, 2.24) is 0 Å². The number of phenolic OH excluding ortho intramolecular Hbond substituents is 1. The van der Waals surface area contributed by atoms with Crippen molar-refractivity contribution >= 4 is 12.4 Å². The van der Waals surface area contributed by atoms with E-state index in [1.165, 1.54) is 0 Å². The maximum absolute atomic E-state index is 9.35. The van der Waals surface area contributed by atoms with Gasteiger partial charge in [-0.25, -0.2) is 0 Å². The summed E-state index contributed by atoms with van der Waals surface area (Å²) < 4.78 is 0. The van der Waals surface area contributed by atoms with Crippen LogP contribution in [0.25, 0.3) is 0 Å². The summed E-state index contributed by atoms with van der Waals surface area (Å²) in [5.74, 6) is 0.316. The smallest absolute Gasteiger partial charge is 0.118 e. The topological polar surface area (TPSA) is 46.2 Å². The average molecular weight is 228 g/mol. The fourth-order valence-corrected chi connectivity index (χ4v) is 1.40. The summed E-state index contributed by atoms with van der Waals surface area (Å²) in [5.41, 5.74) is 8.95. The minimum atomic E-state index is -0.0215. The van der Waals surface area contributed by atoms with E-state index in [-0.39, 0.29) is 18.4 Å². The number of nitrogens with two attached hydrogens (primary N) is 1. The molecule has 0 aromatic heterocycles. The van der Waals surface area contributed by atoms with E-state index in [1.54, 1.807) is 6.07 Å². The van der Waals surface area contributed by atoms with Crippen LogP contribution in [0.4, 0.5) is 0 Å². The van der Waals surface area contributed by atoms with Crippen molar-refractivity contribution in [3.05, 3.63) is 41.5 Å². The molecule has 0 saturated heterocycles. The highest BCUT2D eigenvalue weighted by atomic mass is 35.5. The Bertz CT molecular complexity index is 349. The number of hydrogen-bond donors (Lipinski definition) is 2. The first-order valence-electron chi connectivity index (χ1n) is 4.70. The van der Waals surface area contributed by atoms with Crippen molar-refractivity contribution in [3.8, 4) is 5.75 Å². The summed E-state index contributed by atoms with van der Waals surface area (Å²) >= 11 is 0. The van der Waals surface area contributed by atoms with Gasteiger partial charge in [-0.15, -0.1) is 19.0 Å². The van der Waals surface area contributed by atoms with Crippen molar-refractivity contribution in [1.29, 1.82) is 0 Å². The second-order valence-corrected chi connectivity index (χ2v) is 3.81. The molecule has 0 heterocycles. The minimum absolute atomic E-state index is 0. The van der Waals surface area contributed by atoms with Gasteiger partial charge in [0.05, 0.1) is 0 Å². The van der Waals surface area contributed by atoms with Gasteiger partial charge in [0.2, 0.25) is 0 Å². The Balaban J connectivity index is 0.00000196. The highest BCUT2D eigenvalue weighted by molar-refractivity contribution is 5.85. The zero-order chi connectivity index (χ0) is 10.7. The average Bonchev–Trinajstić information content (AvgIpc) is 2.08. The Morgan fingerprint density at radius 2 is 2.13 bits per heavy atom. The van der Waals surface area contributed by atoms with Crippen molar-refractivity contribution < 1.29 is 5.11 Å². The molecule has 0 aliphatic carbocycles. The first-order valence-corrected chi connectivity index (χ1v) is 4.70. The van der Waals surface area contributed by atoms with Gasteiger partial charge in [0.25, 0.3) is 0 Å². The van der Waals surface area contributed by atoms with E-state index in [1.807, 2.05) is 26.0 Å². The Labute approximate surface area is 97.2 Å². The van der Waals surface area contributed by atoms with Crippen LogP contribution in [0.5, 0.6) is 5.75 Å². The van der Waals surface area contributed by atoms with Gasteiger partial charge in [0.15, 0.2) is 0 Å². The molecule has 15 heavy (non-hydrogen) atoms. The van der Waals surface area contributed by atoms with Crippen molar-refractivity contribution in [2.24, 2.45) is 5.73 Å². The zero-order valence-corrected chi connectivity index (χ0v) is 9.97. The lowest BCUT2D eigenvalue weighted by Gasteiger charge is -2.12.